The number of hydrogen-bond donors (Lipinski definition) is 0. The molecule has 1 unspecified atom stereocenters. The maximum absolute atomic E-state index is 12.9. The molecule has 1 aromatic heterocycles. The number of likely N-dealkylation sites (tertiary alicyclic amines) is 1. The van der Waals surface area contributed by atoms with E-state index in [1.165, 1.54) is 11.1 Å². The fraction of sp³-hybridized carbons (Fsp3) is 0.261. The molecule has 3 heteroatoms. The molecule has 1 fully saturated rings. The van der Waals surface area contributed by atoms with Crippen LogP contribution in [-0.4, -0.2) is 21.9 Å². The summed E-state index contributed by atoms with van der Waals surface area (Å²) in [6, 6.07) is 21.1. The minimum atomic E-state index is 0.224. The molecule has 0 aliphatic carbocycles. The Balaban J connectivity index is 1.47. The third-order valence-electron chi connectivity index (χ3n) is 5.19. The van der Waals surface area contributed by atoms with Gasteiger partial charge < -0.3 is 9.47 Å². The van der Waals surface area contributed by atoms with Gasteiger partial charge in [-0.15, -0.1) is 0 Å². The van der Waals surface area contributed by atoms with Gasteiger partial charge in [0, 0.05) is 24.6 Å². The molecule has 1 aliphatic heterocycles. The van der Waals surface area contributed by atoms with E-state index in [2.05, 4.69) is 64.9 Å². The fourth-order valence-electron chi connectivity index (χ4n) is 3.86. The average molecular weight is 344 g/mol. The molecule has 0 bridgehead atoms. The molecule has 3 aromatic rings. The van der Waals surface area contributed by atoms with E-state index in [1.54, 1.807) is 0 Å². The van der Waals surface area contributed by atoms with Gasteiger partial charge in [0.1, 0.15) is 0 Å². The van der Waals surface area contributed by atoms with E-state index in [1.807, 2.05) is 24.5 Å². The molecule has 0 spiro atoms. The molecular formula is C23H24N2O. The first-order valence-electron chi connectivity index (χ1n) is 9.29. The standard InChI is InChI=1S/C23H24N2O/c1-18-6-4-7-20(16-18)22-8-5-15-25(22)23(26)17-19-9-11-21(12-10-19)24-13-2-3-14-24/h2-4,6-7,9-14,16,22H,5,8,15,17H2,1H3. The average Bonchev–Trinajstić information content (AvgIpc) is 3.34. The van der Waals surface area contributed by atoms with E-state index in [9.17, 15) is 4.79 Å². The first-order chi connectivity index (χ1) is 12.7. The number of aryl methyl sites for hydroxylation is 1. The van der Waals surface area contributed by atoms with E-state index in [0.717, 1.165) is 30.6 Å². The third-order valence-corrected chi connectivity index (χ3v) is 5.19. The Bertz CT molecular complexity index is 881. The lowest BCUT2D eigenvalue weighted by molar-refractivity contribution is -0.131. The van der Waals surface area contributed by atoms with E-state index < -0.39 is 0 Å². The number of carbonyl (C=O) groups is 1. The number of nitrogens with zero attached hydrogens (tertiary/aromatic N) is 2. The summed E-state index contributed by atoms with van der Waals surface area (Å²) in [5, 5.41) is 0. The molecule has 1 aliphatic rings. The SMILES string of the molecule is Cc1cccc(C2CCCN2C(=O)Cc2ccc(-n3cccc3)cc2)c1. The highest BCUT2D eigenvalue weighted by molar-refractivity contribution is 5.79. The summed E-state index contributed by atoms with van der Waals surface area (Å²) in [4.78, 5) is 15.0. The van der Waals surface area contributed by atoms with Crippen molar-refractivity contribution in [2.75, 3.05) is 6.54 Å². The van der Waals surface area contributed by atoms with Crippen molar-refractivity contribution in [2.24, 2.45) is 0 Å². The second kappa shape index (κ2) is 7.20. The monoisotopic (exact) mass is 344 g/mol. The lowest BCUT2D eigenvalue weighted by Crippen LogP contribution is -2.31. The van der Waals surface area contributed by atoms with Gasteiger partial charge in [0.25, 0.3) is 0 Å². The van der Waals surface area contributed by atoms with Crippen LogP contribution in [-0.2, 0) is 11.2 Å². The van der Waals surface area contributed by atoms with Gasteiger partial charge in [-0.05, 0) is 55.2 Å². The second-order valence-corrected chi connectivity index (χ2v) is 7.09. The van der Waals surface area contributed by atoms with Crippen LogP contribution in [0.25, 0.3) is 5.69 Å². The van der Waals surface area contributed by atoms with E-state index in [4.69, 9.17) is 0 Å². The van der Waals surface area contributed by atoms with Crippen molar-refractivity contribution in [3.05, 3.63) is 89.7 Å². The zero-order valence-corrected chi connectivity index (χ0v) is 15.1. The molecule has 3 nitrogen and oxygen atoms in total. The van der Waals surface area contributed by atoms with Gasteiger partial charge in [0.2, 0.25) is 5.91 Å². The van der Waals surface area contributed by atoms with Gasteiger partial charge in [-0.1, -0.05) is 42.0 Å². The van der Waals surface area contributed by atoms with Crippen molar-refractivity contribution >= 4 is 5.91 Å². The third kappa shape index (κ3) is 3.43. The normalized spacial score (nSPS) is 16.8. The quantitative estimate of drug-likeness (QED) is 0.674. The van der Waals surface area contributed by atoms with Crippen molar-refractivity contribution in [3.63, 3.8) is 0 Å². The number of aromatic nitrogens is 1. The highest BCUT2D eigenvalue weighted by Crippen LogP contribution is 2.32. The minimum absolute atomic E-state index is 0.224. The molecule has 0 radical (unpaired) electrons. The molecular weight excluding hydrogens is 320 g/mol. The van der Waals surface area contributed by atoms with E-state index in [-0.39, 0.29) is 11.9 Å². The molecule has 0 saturated carbocycles. The van der Waals surface area contributed by atoms with Crippen LogP contribution in [0.4, 0.5) is 0 Å². The van der Waals surface area contributed by atoms with Crippen LogP contribution >= 0.6 is 0 Å². The van der Waals surface area contributed by atoms with Crippen molar-refractivity contribution in [2.45, 2.75) is 32.2 Å². The number of carbonyl (C=O) groups excluding carboxylic acids is 1. The zero-order valence-electron chi connectivity index (χ0n) is 15.1. The smallest absolute Gasteiger partial charge is 0.227 e. The fourth-order valence-corrected chi connectivity index (χ4v) is 3.86. The van der Waals surface area contributed by atoms with E-state index in [0.29, 0.717) is 6.42 Å². The van der Waals surface area contributed by atoms with Crippen LogP contribution in [0.1, 0.15) is 35.6 Å². The molecule has 0 N–H and O–H groups in total. The van der Waals surface area contributed by atoms with Crippen LogP contribution in [0, 0.1) is 6.92 Å². The van der Waals surface area contributed by atoms with Crippen molar-refractivity contribution in [1.29, 1.82) is 0 Å². The number of hydrogen-bond acceptors (Lipinski definition) is 1. The summed E-state index contributed by atoms with van der Waals surface area (Å²) in [6.07, 6.45) is 6.65. The van der Waals surface area contributed by atoms with Gasteiger partial charge in [-0.2, -0.15) is 0 Å². The Morgan fingerprint density at radius 3 is 2.54 bits per heavy atom. The van der Waals surface area contributed by atoms with E-state index >= 15 is 0 Å². The minimum Gasteiger partial charge on any atom is -0.335 e. The van der Waals surface area contributed by atoms with Crippen molar-refractivity contribution < 1.29 is 4.79 Å². The maximum Gasteiger partial charge on any atom is 0.227 e. The summed E-state index contributed by atoms with van der Waals surface area (Å²) in [5.74, 6) is 0.225. The summed E-state index contributed by atoms with van der Waals surface area (Å²) in [6.45, 7) is 2.97. The molecule has 4 rings (SSSR count). The van der Waals surface area contributed by atoms with Crippen molar-refractivity contribution in [1.82, 2.24) is 9.47 Å². The highest BCUT2D eigenvalue weighted by Gasteiger charge is 2.29. The lowest BCUT2D eigenvalue weighted by Gasteiger charge is -2.25. The molecule has 2 aromatic carbocycles. The molecule has 1 atom stereocenters. The predicted octanol–water partition coefficient (Wildman–Crippen LogP) is 4.69. The highest BCUT2D eigenvalue weighted by atomic mass is 16.2. The van der Waals surface area contributed by atoms with Crippen LogP contribution in [0.3, 0.4) is 0 Å². The predicted molar refractivity (Wildman–Crippen MR) is 104 cm³/mol. The van der Waals surface area contributed by atoms with Crippen molar-refractivity contribution in [3.8, 4) is 5.69 Å². The topological polar surface area (TPSA) is 25.2 Å². The molecule has 2 heterocycles. The number of amides is 1. The Labute approximate surface area is 154 Å². The molecule has 26 heavy (non-hydrogen) atoms. The first kappa shape index (κ1) is 16.6. The van der Waals surface area contributed by atoms with Gasteiger partial charge >= 0.3 is 0 Å². The zero-order chi connectivity index (χ0) is 17.9. The lowest BCUT2D eigenvalue weighted by atomic mass is 10.0. The second-order valence-electron chi connectivity index (χ2n) is 7.09. The Morgan fingerprint density at radius 2 is 1.81 bits per heavy atom. The van der Waals surface area contributed by atoms with Gasteiger partial charge in [0.05, 0.1) is 12.5 Å². The van der Waals surface area contributed by atoms with Gasteiger partial charge in [-0.3, -0.25) is 4.79 Å². The Kier molecular flexibility index (Phi) is 4.61. The Hall–Kier alpha value is -2.81. The summed E-state index contributed by atoms with van der Waals surface area (Å²) < 4.78 is 2.07. The summed E-state index contributed by atoms with van der Waals surface area (Å²) >= 11 is 0. The molecule has 1 amide bonds. The Morgan fingerprint density at radius 1 is 1.04 bits per heavy atom. The summed E-state index contributed by atoms with van der Waals surface area (Å²) in [7, 11) is 0. The molecule has 1 saturated heterocycles. The summed E-state index contributed by atoms with van der Waals surface area (Å²) in [5.41, 5.74) is 4.70. The van der Waals surface area contributed by atoms with Crippen LogP contribution in [0.15, 0.2) is 73.1 Å². The molecule has 132 valence electrons. The van der Waals surface area contributed by atoms with Crippen LogP contribution < -0.4 is 0 Å². The first-order valence-corrected chi connectivity index (χ1v) is 9.29. The maximum atomic E-state index is 12.9. The van der Waals surface area contributed by atoms with Crippen LogP contribution in [0.2, 0.25) is 0 Å². The van der Waals surface area contributed by atoms with Crippen LogP contribution in [0.5, 0.6) is 0 Å². The van der Waals surface area contributed by atoms with Gasteiger partial charge in [-0.25, -0.2) is 0 Å². The number of rotatable bonds is 4. The van der Waals surface area contributed by atoms with Gasteiger partial charge in [0.15, 0.2) is 0 Å². The number of benzene rings is 2. The largest absolute Gasteiger partial charge is 0.335 e.